The number of halogens is 1. The molecule has 4 aromatic rings. The first-order valence-corrected chi connectivity index (χ1v) is 13.3. The number of aromatic nitrogens is 3. The molecule has 8 nitrogen and oxygen atoms in total. The van der Waals surface area contributed by atoms with E-state index >= 15 is 4.39 Å². The van der Waals surface area contributed by atoms with Crippen LogP contribution in [0.15, 0.2) is 36.7 Å². The summed E-state index contributed by atoms with van der Waals surface area (Å²) >= 11 is 0. The second-order valence-corrected chi connectivity index (χ2v) is 10.0. The molecule has 3 heterocycles. The van der Waals surface area contributed by atoms with Gasteiger partial charge in [-0.05, 0) is 88.5 Å². The van der Waals surface area contributed by atoms with E-state index in [1.165, 1.54) is 19.2 Å². The second kappa shape index (κ2) is 12.0. The van der Waals surface area contributed by atoms with Gasteiger partial charge in [-0.3, -0.25) is 0 Å². The number of benzene rings is 2. The molecule has 2 aromatic carbocycles. The maximum absolute atomic E-state index is 15.1. The Morgan fingerprint density at radius 1 is 1.05 bits per heavy atom. The van der Waals surface area contributed by atoms with Gasteiger partial charge < -0.3 is 29.4 Å². The van der Waals surface area contributed by atoms with E-state index < -0.39 is 5.82 Å². The summed E-state index contributed by atoms with van der Waals surface area (Å²) in [7, 11) is 3.42. The quantitative estimate of drug-likeness (QED) is 0.237. The Morgan fingerprint density at radius 3 is 2.68 bits per heavy atom. The van der Waals surface area contributed by atoms with Crippen molar-refractivity contribution in [2.45, 2.75) is 32.6 Å². The number of aryl methyl sites for hydroxylation is 1. The van der Waals surface area contributed by atoms with Crippen molar-refractivity contribution in [3.8, 4) is 17.4 Å². The molecule has 9 heteroatoms. The second-order valence-electron chi connectivity index (χ2n) is 10.0. The fourth-order valence-corrected chi connectivity index (χ4v) is 5.21. The van der Waals surface area contributed by atoms with Crippen molar-refractivity contribution in [2.24, 2.45) is 5.92 Å². The van der Waals surface area contributed by atoms with Crippen LogP contribution in [0, 0.1) is 18.7 Å². The Hall–Kier alpha value is -3.43. The largest absolute Gasteiger partial charge is 0.495 e. The summed E-state index contributed by atoms with van der Waals surface area (Å²) in [6, 6.07) is 8.94. The molecule has 1 fully saturated rings. The molecule has 0 atom stereocenters. The van der Waals surface area contributed by atoms with Crippen LogP contribution >= 0.6 is 0 Å². The number of methoxy groups -OCH3 is 2. The van der Waals surface area contributed by atoms with Crippen molar-refractivity contribution in [3.63, 3.8) is 0 Å². The Morgan fingerprint density at radius 2 is 1.89 bits per heavy atom. The van der Waals surface area contributed by atoms with Crippen LogP contribution in [0.1, 0.15) is 31.4 Å². The summed E-state index contributed by atoms with van der Waals surface area (Å²) in [5, 5.41) is 4.63. The highest BCUT2D eigenvalue weighted by Crippen LogP contribution is 2.36. The van der Waals surface area contributed by atoms with Gasteiger partial charge in [0.1, 0.15) is 12.1 Å². The molecule has 2 N–H and O–H groups in total. The summed E-state index contributed by atoms with van der Waals surface area (Å²) in [4.78, 5) is 14.4. The maximum Gasteiger partial charge on any atom is 0.230 e. The number of aromatic amines is 1. The number of piperidine rings is 1. The zero-order chi connectivity index (χ0) is 26.5. The minimum absolute atomic E-state index is 0.112. The summed E-state index contributed by atoms with van der Waals surface area (Å²) in [6.45, 7) is 7.04. The van der Waals surface area contributed by atoms with Crippen LogP contribution in [0.2, 0.25) is 0 Å². The zero-order valence-electron chi connectivity index (χ0n) is 22.3. The first kappa shape index (κ1) is 26.2. The van der Waals surface area contributed by atoms with Gasteiger partial charge in [-0.25, -0.2) is 14.4 Å². The first-order chi connectivity index (χ1) is 18.6. The van der Waals surface area contributed by atoms with Gasteiger partial charge in [-0.15, -0.1) is 0 Å². The average molecular weight is 522 g/mol. The van der Waals surface area contributed by atoms with Crippen LogP contribution in [0.25, 0.3) is 21.8 Å². The highest BCUT2D eigenvalue weighted by atomic mass is 19.1. The molecule has 0 amide bonds. The monoisotopic (exact) mass is 521 g/mol. The number of anilines is 1. The van der Waals surface area contributed by atoms with Gasteiger partial charge in [0.05, 0.1) is 23.7 Å². The van der Waals surface area contributed by atoms with E-state index in [9.17, 15) is 0 Å². The normalized spacial score (nSPS) is 14.8. The molecule has 0 aliphatic carbocycles. The lowest BCUT2D eigenvalue weighted by Crippen LogP contribution is -2.35. The highest BCUT2D eigenvalue weighted by Gasteiger charge is 2.19. The number of nitrogens with one attached hydrogen (secondary N) is 2. The van der Waals surface area contributed by atoms with Crippen LogP contribution in [0.5, 0.6) is 17.4 Å². The van der Waals surface area contributed by atoms with Crippen LogP contribution in [0.4, 0.5) is 10.1 Å². The molecule has 38 heavy (non-hydrogen) atoms. The number of unbranched alkanes of at least 4 members (excludes halogenated alkanes) is 1. The summed E-state index contributed by atoms with van der Waals surface area (Å²) in [5.74, 6) is 1.33. The average Bonchev–Trinajstić information content (AvgIpc) is 3.32. The first-order valence-electron chi connectivity index (χ1n) is 13.3. The highest BCUT2D eigenvalue weighted by molar-refractivity contribution is 5.89. The lowest BCUT2D eigenvalue weighted by Gasteiger charge is -2.31. The van der Waals surface area contributed by atoms with Gasteiger partial charge in [0.2, 0.25) is 5.88 Å². The minimum Gasteiger partial charge on any atom is -0.495 e. The van der Waals surface area contributed by atoms with Gasteiger partial charge in [0.25, 0.3) is 0 Å². The van der Waals surface area contributed by atoms with E-state index in [1.807, 2.05) is 19.1 Å². The molecule has 0 unspecified atom stereocenters. The molecule has 2 aromatic heterocycles. The number of H-pyrrole nitrogens is 1. The molecular formula is C29H36FN5O3. The van der Waals surface area contributed by atoms with Crippen LogP contribution in [-0.2, 0) is 4.74 Å². The molecule has 0 spiro atoms. The molecule has 202 valence electrons. The summed E-state index contributed by atoms with van der Waals surface area (Å²) in [6.07, 6.45) is 6.06. The third-order valence-electron chi connectivity index (χ3n) is 7.29. The molecule has 0 saturated carbocycles. The molecule has 1 aliphatic heterocycles. The number of rotatable bonds is 11. The van der Waals surface area contributed by atoms with E-state index in [0.717, 1.165) is 62.5 Å². The molecule has 0 radical (unpaired) electrons. The molecular weight excluding hydrogens is 485 g/mol. The maximum atomic E-state index is 15.1. The van der Waals surface area contributed by atoms with Gasteiger partial charge in [0, 0.05) is 36.9 Å². The summed E-state index contributed by atoms with van der Waals surface area (Å²) in [5.41, 5.74) is 3.16. The number of likely N-dealkylation sites (tertiary alicyclic amines) is 1. The third kappa shape index (κ3) is 5.84. The van der Waals surface area contributed by atoms with Crippen LogP contribution in [0.3, 0.4) is 0 Å². The fraction of sp³-hybridized carbons (Fsp3) is 0.448. The van der Waals surface area contributed by atoms with E-state index in [-0.39, 0.29) is 11.6 Å². The Bertz CT molecular complexity index is 1380. The summed E-state index contributed by atoms with van der Waals surface area (Å²) < 4.78 is 32.0. The van der Waals surface area contributed by atoms with Crippen molar-refractivity contribution in [1.29, 1.82) is 0 Å². The van der Waals surface area contributed by atoms with Crippen molar-refractivity contribution >= 4 is 27.5 Å². The number of ether oxygens (including phenoxy) is 3. The van der Waals surface area contributed by atoms with Gasteiger partial charge in [0.15, 0.2) is 11.6 Å². The van der Waals surface area contributed by atoms with Gasteiger partial charge in [-0.1, -0.05) is 0 Å². The van der Waals surface area contributed by atoms with E-state index in [4.69, 9.17) is 14.2 Å². The number of hydrogen-bond donors (Lipinski definition) is 2. The lowest BCUT2D eigenvalue weighted by atomic mass is 9.98. The number of nitrogens with zero attached hydrogens (tertiary/aromatic N) is 3. The fourth-order valence-electron chi connectivity index (χ4n) is 5.21. The standard InChI is InChI=1S/C29H36FN5O3/c1-19-14-21-23(34-19)6-7-26(28(21)30)38-29-22-15-27(37-3)25(16-24(22)32-18-33-29)31-10-4-5-11-35-12-8-20(9-13-35)17-36-2/h6-7,14-16,18,20,31,34H,4-5,8-13,17H2,1-3H3. The number of fused-ring (bicyclic) bond motifs is 2. The lowest BCUT2D eigenvalue weighted by molar-refractivity contribution is 0.0990. The van der Waals surface area contributed by atoms with E-state index in [0.29, 0.717) is 28.0 Å². The topological polar surface area (TPSA) is 84.5 Å². The molecule has 1 aliphatic rings. The van der Waals surface area contributed by atoms with Crippen molar-refractivity contribution < 1.29 is 18.6 Å². The van der Waals surface area contributed by atoms with Crippen LogP contribution < -0.4 is 14.8 Å². The predicted molar refractivity (Wildman–Crippen MR) is 148 cm³/mol. The Kier molecular flexibility index (Phi) is 8.24. The SMILES string of the molecule is COCC1CCN(CCCCNc2cc3ncnc(Oc4ccc5[nH]c(C)cc5c4F)c3cc2OC)CC1. The third-order valence-corrected chi connectivity index (χ3v) is 7.29. The van der Waals surface area contributed by atoms with E-state index in [1.54, 1.807) is 32.4 Å². The number of hydrogen-bond acceptors (Lipinski definition) is 7. The molecule has 5 rings (SSSR count). The minimum atomic E-state index is -0.428. The Balaban J connectivity index is 1.22. The van der Waals surface area contributed by atoms with Crippen molar-refractivity contribution in [2.75, 3.05) is 52.3 Å². The van der Waals surface area contributed by atoms with Gasteiger partial charge >= 0.3 is 0 Å². The molecule has 0 bridgehead atoms. The van der Waals surface area contributed by atoms with Crippen molar-refractivity contribution in [3.05, 3.63) is 48.2 Å². The Labute approximate surface area is 222 Å². The van der Waals surface area contributed by atoms with Crippen LogP contribution in [-0.4, -0.2) is 66.9 Å². The predicted octanol–water partition coefficient (Wildman–Crippen LogP) is 5.91. The molecule has 1 saturated heterocycles. The smallest absolute Gasteiger partial charge is 0.230 e. The van der Waals surface area contributed by atoms with Crippen molar-refractivity contribution in [1.82, 2.24) is 19.9 Å². The van der Waals surface area contributed by atoms with Gasteiger partial charge in [-0.2, -0.15) is 0 Å². The van der Waals surface area contributed by atoms with E-state index in [2.05, 4.69) is 25.2 Å². The zero-order valence-corrected chi connectivity index (χ0v) is 22.3.